The van der Waals surface area contributed by atoms with Crippen LogP contribution < -0.4 is 10.6 Å². The first-order valence-electron chi connectivity index (χ1n) is 7.05. The number of fused-ring (bicyclic) bond motifs is 1. The summed E-state index contributed by atoms with van der Waals surface area (Å²) in [6.45, 7) is 5.03. The van der Waals surface area contributed by atoms with Crippen molar-refractivity contribution in [2.45, 2.75) is 26.4 Å². The summed E-state index contributed by atoms with van der Waals surface area (Å²) >= 11 is 0. The van der Waals surface area contributed by atoms with E-state index in [1.165, 1.54) is 0 Å². The highest BCUT2D eigenvalue weighted by molar-refractivity contribution is 5.69. The Labute approximate surface area is 124 Å². The molecule has 0 radical (unpaired) electrons. The van der Waals surface area contributed by atoms with E-state index in [9.17, 15) is 0 Å². The predicted molar refractivity (Wildman–Crippen MR) is 85.2 cm³/mol. The standard InChI is InChI=1S/C16H19N5/c1-12(2)20(11-13-5-3-4-6-14(13)17)16-15-7-8-19-21(15)10-9-18-16/h3-10,12H,11,17H2,1-2H3. The SMILES string of the molecule is CC(C)N(Cc1ccccc1N)c1nccn2nccc12. The molecule has 0 aliphatic rings. The Morgan fingerprint density at radius 2 is 2.00 bits per heavy atom. The average molecular weight is 281 g/mol. The monoisotopic (exact) mass is 281 g/mol. The molecule has 0 spiro atoms. The van der Waals surface area contributed by atoms with Crippen LogP contribution in [0.15, 0.2) is 48.9 Å². The highest BCUT2D eigenvalue weighted by Gasteiger charge is 2.17. The molecule has 5 heteroatoms. The molecule has 2 aromatic heterocycles. The molecule has 108 valence electrons. The summed E-state index contributed by atoms with van der Waals surface area (Å²) in [4.78, 5) is 6.79. The second kappa shape index (κ2) is 5.44. The number of hydrogen-bond acceptors (Lipinski definition) is 4. The highest BCUT2D eigenvalue weighted by atomic mass is 15.3. The smallest absolute Gasteiger partial charge is 0.155 e. The maximum Gasteiger partial charge on any atom is 0.155 e. The van der Waals surface area contributed by atoms with E-state index in [1.807, 2.05) is 35.0 Å². The van der Waals surface area contributed by atoms with Crippen LogP contribution >= 0.6 is 0 Å². The van der Waals surface area contributed by atoms with Crippen molar-refractivity contribution in [3.8, 4) is 0 Å². The van der Waals surface area contributed by atoms with Crippen molar-refractivity contribution in [2.75, 3.05) is 10.6 Å². The van der Waals surface area contributed by atoms with E-state index in [0.29, 0.717) is 6.04 Å². The Morgan fingerprint density at radius 1 is 1.19 bits per heavy atom. The molecule has 0 aliphatic heterocycles. The lowest BCUT2D eigenvalue weighted by atomic mass is 10.1. The lowest BCUT2D eigenvalue weighted by molar-refractivity contribution is 0.673. The lowest BCUT2D eigenvalue weighted by Crippen LogP contribution is -2.31. The van der Waals surface area contributed by atoms with E-state index >= 15 is 0 Å². The minimum atomic E-state index is 0.304. The highest BCUT2D eigenvalue weighted by Crippen LogP contribution is 2.24. The Kier molecular flexibility index (Phi) is 3.48. The number of nitrogens with zero attached hydrogens (tertiary/aromatic N) is 4. The maximum atomic E-state index is 6.08. The van der Waals surface area contributed by atoms with E-state index in [1.54, 1.807) is 12.4 Å². The third-order valence-electron chi connectivity index (χ3n) is 3.60. The zero-order valence-electron chi connectivity index (χ0n) is 12.3. The van der Waals surface area contributed by atoms with Gasteiger partial charge < -0.3 is 10.6 Å². The van der Waals surface area contributed by atoms with Gasteiger partial charge in [-0.15, -0.1) is 0 Å². The van der Waals surface area contributed by atoms with Crippen molar-refractivity contribution in [3.63, 3.8) is 0 Å². The van der Waals surface area contributed by atoms with Gasteiger partial charge in [0.1, 0.15) is 5.52 Å². The van der Waals surface area contributed by atoms with Gasteiger partial charge in [0, 0.05) is 30.7 Å². The molecule has 0 fully saturated rings. The minimum absolute atomic E-state index is 0.304. The van der Waals surface area contributed by atoms with Crippen LogP contribution in [0.2, 0.25) is 0 Å². The number of rotatable bonds is 4. The van der Waals surface area contributed by atoms with Crippen molar-refractivity contribution < 1.29 is 0 Å². The summed E-state index contributed by atoms with van der Waals surface area (Å²) in [5.41, 5.74) is 8.99. The zero-order chi connectivity index (χ0) is 14.8. The third-order valence-corrected chi connectivity index (χ3v) is 3.60. The summed E-state index contributed by atoms with van der Waals surface area (Å²) in [5, 5.41) is 4.27. The molecule has 3 rings (SSSR count). The van der Waals surface area contributed by atoms with Crippen LogP contribution in [0.1, 0.15) is 19.4 Å². The molecule has 3 aromatic rings. The molecule has 2 heterocycles. The second-order valence-electron chi connectivity index (χ2n) is 5.33. The van der Waals surface area contributed by atoms with Crippen LogP contribution in [0.25, 0.3) is 5.52 Å². The van der Waals surface area contributed by atoms with Crippen molar-refractivity contribution in [2.24, 2.45) is 0 Å². The molecule has 21 heavy (non-hydrogen) atoms. The molecule has 0 bridgehead atoms. The Bertz CT molecular complexity index is 747. The molecule has 1 aromatic carbocycles. The molecular weight excluding hydrogens is 262 g/mol. The van der Waals surface area contributed by atoms with Crippen LogP contribution in [0.3, 0.4) is 0 Å². The maximum absolute atomic E-state index is 6.08. The number of anilines is 2. The first-order valence-corrected chi connectivity index (χ1v) is 7.05. The van der Waals surface area contributed by atoms with Crippen molar-refractivity contribution in [1.82, 2.24) is 14.6 Å². The largest absolute Gasteiger partial charge is 0.398 e. The van der Waals surface area contributed by atoms with Crippen molar-refractivity contribution >= 4 is 17.0 Å². The molecule has 0 saturated heterocycles. The van der Waals surface area contributed by atoms with E-state index < -0.39 is 0 Å². The average Bonchev–Trinajstić information content (AvgIpc) is 2.94. The van der Waals surface area contributed by atoms with Gasteiger partial charge in [0.25, 0.3) is 0 Å². The van der Waals surface area contributed by atoms with Crippen molar-refractivity contribution in [3.05, 3.63) is 54.5 Å². The van der Waals surface area contributed by atoms with Crippen LogP contribution in [-0.2, 0) is 6.54 Å². The molecule has 0 atom stereocenters. The number of hydrogen-bond donors (Lipinski definition) is 1. The Morgan fingerprint density at radius 3 is 2.76 bits per heavy atom. The van der Waals surface area contributed by atoms with E-state index in [-0.39, 0.29) is 0 Å². The van der Waals surface area contributed by atoms with Gasteiger partial charge in [-0.05, 0) is 31.5 Å². The molecule has 2 N–H and O–H groups in total. The summed E-state index contributed by atoms with van der Waals surface area (Å²) in [5.74, 6) is 0.924. The Hall–Kier alpha value is -2.56. The number of para-hydroxylation sites is 1. The number of nitrogens with two attached hydrogens (primary N) is 1. The molecule has 0 saturated carbocycles. The third kappa shape index (κ3) is 2.54. The number of nitrogen functional groups attached to an aromatic ring is 1. The number of benzene rings is 1. The predicted octanol–water partition coefficient (Wildman–Crippen LogP) is 2.73. The van der Waals surface area contributed by atoms with Gasteiger partial charge in [-0.25, -0.2) is 9.50 Å². The molecule has 0 aliphatic carbocycles. The van der Waals surface area contributed by atoms with Gasteiger partial charge in [-0.2, -0.15) is 5.10 Å². The van der Waals surface area contributed by atoms with Gasteiger partial charge in [0.05, 0.1) is 6.20 Å². The van der Waals surface area contributed by atoms with Gasteiger partial charge in [-0.3, -0.25) is 0 Å². The fourth-order valence-electron chi connectivity index (χ4n) is 2.43. The van der Waals surface area contributed by atoms with Crippen LogP contribution in [0.4, 0.5) is 11.5 Å². The molecule has 0 unspecified atom stereocenters. The number of aromatic nitrogens is 3. The fraction of sp³-hybridized carbons (Fsp3) is 0.250. The quantitative estimate of drug-likeness (QED) is 0.747. The first kappa shape index (κ1) is 13.4. The molecule has 0 amide bonds. The molecule has 5 nitrogen and oxygen atoms in total. The minimum Gasteiger partial charge on any atom is -0.398 e. The summed E-state index contributed by atoms with van der Waals surface area (Å²) in [6.07, 6.45) is 5.42. The summed E-state index contributed by atoms with van der Waals surface area (Å²) in [6, 6.07) is 10.2. The lowest BCUT2D eigenvalue weighted by Gasteiger charge is -2.28. The van der Waals surface area contributed by atoms with Crippen LogP contribution in [-0.4, -0.2) is 20.6 Å². The zero-order valence-corrected chi connectivity index (χ0v) is 12.3. The fourth-order valence-corrected chi connectivity index (χ4v) is 2.43. The summed E-state index contributed by atoms with van der Waals surface area (Å²) in [7, 11) is 0. The van der Waals surface area contributed by atoms with Gasteiger partial charge in [0.15, 0.2) is 5.82 Å². The van der Waals surface area contributed by atoms with Gasteiger partial charge in [-0.1, -0.05) is 18.2 Å². The van der Waals surface area contributed by atoms with Gasteiger partial charge in [0.2, 0.25) is 0 Å². The van der Waals surface area contributed by atoms with Gasteiger partial charge >= 0.3 is 0 Å². The van der Waals surface area contributed by atoms with Crippen LogP contribution in [0.5, 0.6) is 0 Å². The van der Waals surface area contributed by atoms with Crippen molar-refractivity contribution in [1.29, 1.82) is 0 Å². The van der Waals surface area contributed by atoms with E-state index in [4.69, 9.17) is 5.73 Å². The normalized spacial score (nSPS) is 11.2. The molecular formula is C16H19N5. The first-order chi connectivity index (χ1) is 10.2. The van der Waals surface area contributed by atoms with E-state index in [2.05, 4.69) is 34.9 Å². The Balaban J connectivity index is 2.03. The summed E-state index contributed by atoms with van der Waals surface area (Å²) < 4.78 is 1.84. The topological polar surface area (TPSA) is 59.5 Å². The van der Waals surface area contributed by atoms with E-state index in [0.717, 1.165) is 29.1 Å². The second-order valence-corrected chi connectivity index (χ2v) is 5.33. The van der Waals surface area contributed by atoms with Crippen LogP contribution in [0, 0.1) is 0 Å².